The molecule has 0 saturated carbocycles. The molecule has 0 bridgehead atoms. The summed E-state index contributed by atoms with van der Waals surface area (Å²) in [7, 11) is 0. The predicted octanol–water partition coefficient (Wildman–Crippen LogP) is 3.57. The number of aromatic carboxylic acids is 1. The van der Waals surface area contributed by atoms with Gasteiger partial charge in [0.2, 0.25) is 5.91 Å². The highest BCUT2D eigenvalue weighted by Gasteiger charge is 2.54. The topological polar surface area (TPSA) is 170 Å². The van der Waals surface area contributed by atoms with Crippen molar-refractivity contribution < 1.29 is 38.1 Å². The molecule has 4 aromatic rings. The molecule has 4 unspecified atom stereocenters. The molecule has 244 valence electrons. The minimum Gasteiger partial charge on any atom is -0.478 e. The minimum absolute atomic E-state index is 0.0650. The van der Waals surface area contributed by atoms with Gasteiger partial charge in [0.1, 0.15) is 30.5 Å². The molecule has 2 aromatic heterocycles. The summed E-state index contributed by atoms with van der Waals surface area (Å²) in [4.78, 5) is 51.2. The smallest absolute Gasteiger partial charge is 0.336 e. The summed E-state index contributed by atoms with van der Waals surface area (Å²) in [6.45, 7) is 3.14. The van der Waals surface area contributed by atoms with E-state index < -0.39 is 54.6 Å². The molecule has 6 rings (SSSR count). The second-order valence-corrected chi connectivity index (χ2v) is 10.9. The fraction of sp³-hybridized carbons (Fsp3) is 0.312. The molecule has 4 heterocycles. The summed E-state index contributed by atoms with van der Waals surface area (Å²) in [5, 5.41) is 15.0. The summed E-state index contributed by atoms with van der Waals surface area (Å²) in [5.74, 6) is -2.28. The molecule has 2 fully saturated rings. The molecule has 0 radical (unpaired) electrons. The van der Waals surface area contributed by atoms with Crippen LogP contribution in [0, 0.1) is 5.82 Å². The number of amides is 3. The maximum atomic E-state index is 14.9. The Morgan fingerprint density at radius 1 is 1.04 bits per heavy atom. The molecule has 47 heavy (non-hydrogen) atoms. The van der Waals surface area contributed by atoms with Crippen LogP contribution in [0.25, 0.3) is 17.2 Å². The Hall–Kier alpha value is -5.25. The van der Waals surface area contributed by atoms with Crippen LogP contribution in [0.15, 0.2) is 67.3 Å². The zero-order valence-corrected chi connectivity index (χ0v) is 25.4. The lowest BCUT2D eigenvalue weighted by Crippen LogP contribution is -2.41. The molecule has 0 aliphatic carbocycles. The Balaban J connectivity index is 1.31. The number of anilines is 1. The number of benzene rings is 2. The molecule has 14 nitrogen and oxygen atoms in total. The van der Waals surface area contributed by atoms with Crippen molar-refractivity contribution >= 4 is 41.0 Å². The van der Waals surface area contributed by atoms with Crippen molar-refractivity contribution in [1.29, 1.82) is 0 Å². The van der Waals surface area contributed by atoms with Gasteiger partial charge in [-0.2, -0.15) is 0 Å². The van der Waals surface area contributed by atoms with E-state index in [4.69, 9.17) is 14.2 Å². The van der Waals surface area contributed by atoms with Gasteiger partial charge in [-0.3, -0.25) is 14.7 Å². The van der Waals surface area contributed by atoms with Gasteiger partial charge in [-0.25, -0.2) is 28.9 Å². The standard InChI is InChI=1S/C32H32FN7O7/c1-3-34-32(44)38-28-25-29(36-16-35-28)40(17-37-25)30-27-26(46-24(47-27)13-12-19-8-5-4-6-9-19)23(45-30)15-39(18(2)41)14-21-20(31(42)43)10-7-11-22(21)33/h4-13,16-17,23-24,26-27,30H,3,14-15H2,1-2H3,(H,42,43)(H2,34,35,36,38,44)/b13-12+/t23?,24-,26?,27?,30?/m0/s1. The SMILES string of the molecule is CCNC(=O)Nc1ncnc2c1ncn2C1OC(CN(Cc2c(F)cccc2C(=O)O)C(C)=O)C2O[C@H](/C=C/c3ccccc3)OC21. The second-order valence-electron chi connectivity index (χ2n) is 10.9. The first kappa shape index (κ1) is 31.7. The highest BCUT2D eigenvalue weighted by molar-refractivity contribution is 5.95. The Kier molecular flexibility index (Phi) is 9.19. The number of carbonyl (C=O) groups is 3. The van der Waals surface area contributed by atoms with Crippen molar-refractivity contribution in [3.05, 3.63) is 89.8 Å². The number of urea groups is 1. The molecule has 3 amide bonds. The summed E-state index contributed by atoms with van der Waals surface area (Å²) in [5.41, 5.74) is 1.23. The summed E-state index contributed by atoms with van der Waals surface area (Å²) < 4.78 is 35.6. The lowest BCUT2D eigenvalue weighted by atomic mass is 10.1. The predicted molar refractivity (Wildman–Crippen MR) is 165 cm³/mol. The van der Waals surface area contributed by atoms with Crippen LogP contribution in [0.3, 0.4) is 0 Å². The quantitative estimate of drug-likeness (QED) is 0.232. The molecule has 2 aliphatic heterocycles. The first-order valence-corrected chi connectivity index (χ1v) is 14.9. The highest BCUT2D eigenvalue weighted by Crippen LogP contribution is 2.41. The maximum Gasteiger partial charge on any atom is 0.336 e. The molecule has 2 aromatic carbocycles. The van der Waals surface area contributed by atoms with Crippen molar-refractivity contribution in [2.75, 3.05) is 18.4 Å². The largest absolute Gasteiger partial charge is 0.478 e. The van der Waals surface area contributed by atoms with Gasteiger partial charge in [0.15, 0.2) is 29.5 Å². The molecule has 2 aliphatic rings. The van der Waals surface area contributed by atoms with Crippen molar-refractivity contribution in [2.24, 2.45) is 0 Å². The summed E-state index contributed by atoms with van der Waals surface area (Å²) in [6.07, 6.45) is 2.63. The number of fused-ring (bicyclic) bond motifs is 2. The van der Waals surface area contributed by atoms with E-state index in [1.165, 1.54) is 36.6 Å². The number of nitrogens with zero attached hydrogens (tertiary/aromatic N) is 5. The third-order valence-corrected chi connectivity index (χ3v) is 7.86. The molecular weight excluding hydrogens is 613 g/mol. The number of rotatable bonds is 10. The van der Waals surface area contributed by atoms with E-state index in [-0.39, 0.29) is 30.0 Å². The molecule has 3 N–H and O–H groups in total. The molecule has 0 spiro atoms. The van der Waals surface area contributed by atoms with E-state index in [2.05, 4.69) is 25.6 Å². The fourth-order valence-electron chi connectivity index (χ4n) is 5.65. The Morgan fingerprint density at radius 2 is 1.83 bits per heavy atom. The normalized spacial score (nSPS) is 22.0. The van der Waals surface area contributed by atoms with Gasteiger partial charge in [0.05, 0.1) is 11.9 Å². The molecule has 15 heteroatoms. The fourth-order valence-corrected chi connectivity index (χ4v) is 5.65. The molecule has 2 saturated heterocycles. The van der Waals surface area contributed by atoms with E-state index in [0.717, 1.165) is 11.6 Å². The van der Waals surface area contributed by atoms with Crippen molar-refractivity contribution in [1.82, 2.24) is 29.7 Å². The van der Waals surface area contributed by atoms with Crippen LogP contribution in [0.4, 0.5) is 15.0 Å². The monoisotopic (exact) mass is 645 g/mol. The minimum atomic E-state index is -1.31. The van der Waals surface area contributed by atoms with Gasteiger partial charge in [0.25, 0.3) is 0 Å². The first-order valence-electron chi connectivity index (χ1n) is 14.9. The summed E-state index contributed by atoms with van der Waals surface area (Å²) in [6, 6.07) is 12.9. The van der Waals surface area contributed by atoms with Crippen LogP contribution in [-0.2, 0) is 25.5 Å². The van der Waals surface area contributed by atoms with Gasteiger partial charge < -0.3 is 29.5 Å². The van der Waals surface area contributed by atoms with Gasteiger partial charge in [-0.05, 0) is 30.7 Å². The molecular formula is C32H32FN7O7. The number of carboxylic acids is 1. The van der Waals surface area contributed by atoms with E-state index in [1.54, 1.807) is 17.6 Å². The van der Waals surface area contributed by atoms with Crippen molar-refractivity contribution in [3.8, 4) is 0 Å². The number of hydrogen-bond acceptors (Lipinski definition) is 9. The van der Waals surface area contributed by atoms with Gasteiger partial charge in [0, 0.05) is 32.1 Å². The van der Waals surface area contributed by atoms with Gasteiger partial charge in [-0.1, -0.05) is 42.5 Å². The third kappa shape index (κ3) is 6.67. The Morgan fingerprint density at radius 3 is 2.57 bits per heavy atom. The third-order valence-electron chi connectivity index (χ3n) is 7.86. The lowest BCUT2D eigenvalue weighted by molar-refractivity contribution is -0.142. The zero-order valence-electron chi connectivity index (χ0n) is 25.4. The van der Waals surface area contributed by atoms with Crippen LogP contribution in [0.2, 0.25) is 0 Å². The maximum absolute atomic E-state index is 14.9. The van der Waals surface area contributed by atoms with E-state index in [1.807, 2.05) is 36.4 Å². The number of aromatic nitrogens is 4. The van der Waals surface area contributed by atoms with E-state index >= 15 is 0 Å². The first-order chi connectivity index (χ1) is 22.7. The number of halogens is 1. The second kappa shape index (κ2) is 13.6. The number of hydrogen-bond donors (Lipinski definition) is 3. The number of nitrogens with one attached hydrogen (secondary N) is 2. The van der Waals surface area contributed by atoms with Gasteiger partial charge in [-0.15, -0.1) is 0 Å². The Bertz CT molecular complexity index is 1820. The lowest BCUT2D eigenvalue weighted by Gasteiger charge is -2.27. The zero-order chi connectivity index (χ0) is 33.1. The van der Waals surface area contributed by atoms with Crippen molar-refractivity contribution in [2.45, 2.75) is 51.2 Å². The van der Waals surface area contributed by atoms with Crippen molar-refractivity contribution in [3.63, 3.8) is 0 Å². The number of carboxylic acid groups (broad SMARTS) is 1. The average molecular weight is 646 g/mol. The van der Waals surface area contributed by atoms with Crippen LogP contribution in [0.1, 0.15) is 41.6 Å². The van der Waals surface area contributed by atoms with Crippen LogP contribution in [-0.4, -0.2) is 85.1 Å². The van der Waals surface area contributed by atoms with Gasteiger partial charge >= 0.3 is 12.0 Å². The Labute approximate surface area is 268 Å². The van der Waals surface area contributed by atoms with E-state index in [0.29, 0.717) is 17.7 Å². The average Bonchev–Trinajstić information content (AvgIpc) is 3.76. The number of ether oxygens (including phenoxy) is 3. The van der Waals surface area contributed by atoms with Crippen LogP contribution >= 0.6 is 0 Å². The van der Waals surface area contributed by atoms with Crippen LogP contribution < -0.4 is 10.6 Å². The molecule has 5 atom stereocenters. The number of carbonyl (C=O) groups excluding carboxylic acids is 2. The van der Waals surface area contributed by atoms with Crippen LogP contribution in [0.5, 0.6) is 0 Å². The summed E-state index contributed by atoms with van der Waals surface area (Å²) >= 11 is 0. The highest BCUT2D eigenvalue weighted by atomic mass is 19.1. The number of imidazole rings is 1. The van der Waals surface area contributed by atoms with E-state index in [9.17, 15) is 23.9 Å².